The van der Waals surface area contributed by atoms with Crippen LogP contribution >= 0.6 is 11.3 Å². The van der Waals surface area contributed by atoms with E-state index < -0.39 is 13.4 Å². The number of hydrogen-bond acceptors (Lipinski definition) is 2. The first-order valence-electron chi connectivity index (χ1n) is 4.86. The third-order valence-corrected chi connectivity index (χ3v) is 2.97. The van der Waals surface area contributed by atoms with Crippen molar-refractivity contribution in [3.8, 4) is 0 Å². The summed E-state index contributed by atoms with van der Waals surface area (Å²) >= 11 is 1.49. The number of halogens is 3. The van der Waals surface area contributed by atoms with E-state index in [1.54, 1.807) is 13.8 Å². The van der Waals surface area contributed by atoms with Gasteiger partial charge in [0.05, 0.1) is 0 Å². The molecule has 0 amide bonds. The summed E-state index contributed by atoms with van der Waals surface area (Å²) in [7, 11) is 0. The maximum atomic E-state index is 12.3. The Morgan fingerprint density at radius 3 is 2.38 bits per heavy atom. The van der Waals surface area contributed by atoms with E-state index in [0.29, 0.717) is 6.54 Å². The first-order valence-corrected chi connectivity index (χ1v) is 5.74. The molecular weight excluding hydrogens is 261 g/mol. The summed E-state index contributed by atoms with van der Waals surface area (Å²) in [5.74, 6) is 0. The van der Waals surface area contributed by atoms with Crippen molar-refractivity contribution in [1.29, 1.82) is 0 Å². The molecule has 0 N–H and O–H groups in total. The second-order valence-electron chi connectivity index (χ2n) is 3.81. The molecule has 0 aliphatic rings. The van der Waals surface area contributed by atoms with Gasteiger partial charge in [0.1, 0.15) is 0 Å². The molecule has 1 nitrogen and oxygen atoms in total. The molecule has 1 rings (SSSR count). The molecule has 16 heavy (non-hydrogen) atoms. The Kier molecular flexibility index (Phi) is 8.10. The largest absolute Gasteiger partial charge is 1.00 e. The van der Waals surface area contributed by atoms with Gasteiger partial charge >= 0.3 is 58.4 Å². The molecule has 0 radical (unpaired) electrons. The van der Waals surface area contributed by atoms with Gasteiger partial charge in [0.2, 0.25) is 0 Å². The maximum absolute atomic E-state index is 12.3. The molecule has 7 heteroatoms. The van der Waals surface area contributed by atoms with Gasteiger partial charge in [0.25, 0.3) is 0 Å². The van der Waals surface area contributed by atoms with Gasteiger partial charge in [-0.25, -0.2) is 0 Å². The second-order valence-corrected chi connectivity index (χ2v) is 4.85. The van der Waals surface area contributed by atoms with Crippen molar-refractivity contribution in [3.05, 3.63) is 22.4 Å². The van der Waals surface area contributed by atoms with Crippen LogP contribution in [0.2, 0.25) is 0 Å². The molecular formula is C9H14BF3KNS. The monoisotopic (exact) mass is 275 g/mol. The molecule has 1 aromatic rings. The predicted molar refractivity (Wildman–Crippen MR) is 58.9 cm³/mol. The van der Waals surface area contributed by atoms with Gasteiger partial charge < -0.3 is 17.8 Å². The van der Waals surface area contributed by atoms with Crippen molar-refractivity contribution < 1.29 is 64.3 Å². The summed E-state index contributed by atoms with van der Waals surface area (Å²) in [6.45, 7) is -0.777. The van der Waals surface area contributed by atoms with Crippen molar-refractivity contribution in [1.82, 2.24) is 4.90 Å². The molecule has 0 aliphatic heterocycles. The maximum Gasteiger partial charge on any atom is 1.00 e. The molecule has 0 aromatic carbocycles. The fourth-order valence-electron chi connectivity index (χ4n) is 1.33. The third kappa shape index (κ3) is 6.78. The van der Waals surface area contributed by atoms with E-state index >= 15 is 0 Å². The summed E-state index contributed by atoms with van der Waals surface area (Å²) in [4.78, 5) is 2.43. The third-order valence-electron chi connectivity index (χ3n) is 2.11. The SMILES string of the molecule is CC(C)N(Cc1cccs1)C[B-](F)(F)F.[K+]. The Morgan fingerprint density at radius 2 is 2.00 bits per heavy atom. The summed E-state index contributed by atoms with van der Waals surface area (Å²) in [6.07, 6.45) is -0.782. The van der Waals surface area contributed by atoms with E-state index in [1.165, 1.54) is 16.2 Å². The quantitative estimate of drug-likeness (QED) is 0.701. The van der Waals surface area contributed by atoms with E-state index in [0.717, 1.165) is 4.88 Å². The van der Waals surface area contributed by atoms with E-state index in [-0.39, 0.29) is 57.4 Å². The van der Waals surface area contributed by atoms with Gasteiger partial charge in [-0.15, -0.1) is 11.3 Å². The van der Waals surface area contributed by atoms with Crippen molar-refractivity contribution >= 4 is 18.3 Å². The van der Waals surface area contributed by atoms with Gasteiger partial charge in [-0.3, -0.25) is 0 Å². The molecule has 1 heterocycles. The minimum absolute atomic E-state index is 0. The Bertz CT molecular complexity index is 289. The first-order chi connectivity index (χ1) is 6.88. The van der Waals surface area contributed by atoms with Crippen LogP contribution in [0, 0.1) is 0 Å². The Balaban J connectivity index is 0.00000225. The van der Waals surface area contributed by atoms with Gasteiger partial charge in [0, 0.05) is 17.5 Å². The number of thiophene rings is 1. The molecule has 0 saturated carbocycles. The zero-order chi connectivity index (χ0) is 11.5. The normalized spacial score (nSPS) is 11.9. The number of rotatable bonds is 5. The molecule has 1 aromatic heterocycles. The molecule has 0 spiro atoms. The van der Waals surface area contributed by atoms with Crippen LogP contribution in [0.1, 0.15) is 18.7 Å². The number of hydrogen-bond donors (Lipinski definition) is 0. The predicted octanol–water partition coefficient (Wildman–Crippen LogP) is 0.349. The van der Waals surface area contributed by atoms with Crippen molar-refractivity contribution in [2.45, 2.75) is 26.4 Å². The van der Waals surface area contributed by atoms with E-state index in [4.69, 9.17) is 0 Å². The molecule has 0 aliphatic carbocycles. The second kappa shape index (κ2) is 7.56. The van der Waals surface area contributed by atoms with Crippen LogP contribution in [0.4, 0.5) is 12.9 Å². The first kappa shape index (κ1) is 17.2. The van der Waals surface area contributed by atoms with Crippen LogP contribution in [0.5, 0.6) is 0 Å². The topological polar surface area (TPSA) is 3.24 Å². The average molecular weight is 275 g/mol. The Morgan fingerprint density at radius 1 is 1.38 bits per heavy atom. The van der Waals surface area contributed by atoms with Crippen LogP contribution in [-0.4, -0.2) is 24.4 Å². The van der Waals surface area contributed by atoms with Gasteiger partial charge in [-0.05, 0) is 31.7 Å². The van der Waals surface area contributed by atoms with E-state index in [1.807, 2.05) is 17.5 Å². The Labute approximate surface area is 141 Å². The van der Waals surface area contributed by atoms with Crippen LogP contribution in [-0.2, 0) is 6.54 Å². The van der Waals surface area contributed by atoms with Crippen molar-refractivity contribution in [3.63, 3.8) is 0 Å². The van der Waals surface area contributed by atoms with Crippen LogP contribution < -0.4 is 51.4 Å². The summed E-state index contributed by atoms with van der Waals surface area (Å²) < 4.78 is 37.0. The minimum Gasteiger partial charge on any atom is -0.448 e. The minimum atomic E-state index is -4.74. The van der Waals surface area contributed by atoms with Crippen molar-refractivity contribution in [2.75, 3.05) is 6.44 Å². The standard InChI is InChI=1S/C9H14BF3NS.K/c1-8(2)14(7-10(11,12)13)6-9-4-3-5-15-9;/h3-5,8H,6-7H2,1-2H3;/q-1;+1. The molecule has 0 unspecified atom stereocenters. The van der Waals surface area contributed by atoms with Crippen molar-refractivity contribution in [2.24, 2.45) is 0 Å². The summed E-state index contributed by atoms with van der Waals surface area (Å²) in [6, 6.07) is 3.64. The summed E-state index contributed by atoms with van der Waals surface area (Å²) in [5.41, 5.74) is 0. The van der Waals surface area contributed by atoms with Gasteiger partial charge in [-0.1, -0.05) is 6.07 Å². The smallest absolute Gasteiger partial charge is 0.448 e. The van der Waals surface area contributed by atoms with E-state index in [2.05, 4.69) is 0 Å². The zero-order valence-electron chi connectivity index (χ0n) is 9.79. The Hall–Kier alpha value is 1.15. The molecule has 0 saturated heterocycles. The molecule has 86 valence electrons. The summed E-state index contributed by atoms with van der Waals surface area (Å²) in [5, 5.41) is 1.88. The van der Waals surface area contributed by atoms with Crippen LogP contribution in [0.15, 0.2) is 17.5 Å². The van der Waals surface area contributed by atoms with E-state index in [9.17, 15) is 12.9 Å². The fraction of sp³-hybridized carbons (Fsp3) is 0.556. The average Bonchev–Trinajstić information content (AvgIpc) is 2.52. The van der Waals surface area contributed by atoms with Gasteiger partial charge in [0.15, 0.2) is 0 Å². The molecule has 0 atom stereocenters. The molecule has 0 fully saturated rings. The van der Waals surface area contributed by atoms with Crippen LogP contribution in [0.25, 0.3) is 0 Å². The van der Waals surface area contributed by atoms with Gasteiger partial charge in [-0.2, -0.15) is 0 Å². The fourth-order valence-corrected chi connectivity index (χ4v) is 2.06. The molecule has 0 bridgehead atoms. The van der Waals surface area contributed by atoms with Crippen LogP contribution in [0.3, 0.4) is 0 Å². The number of nitrogens with zero attached hydrogens (tertiary/aromatic N) is 1. The zero-order valence-corrected chi connectivity index (χ0v) is 13.7.